The molecule has 1 aliphatic rings. The first-order chi connectivity index (χ1) is 20.4. The number of nitrogens with one attached hydrogen (secondary N) is 4. The van der Waals surface area contributed by atoms with Crippen LogP contribution in [0.4, 0.5) is 9.59 Å². The highest BCUT2D eigenvalue weighted by atomic mass is 16.5. The van der Waals surface area contributed by atoms with Gasteiger partial charge in [-0.1, -0.05) is 77.3 Å². The summed E-state index contributed by atoms with van der Waals surface area (Å²) in [6.45, 7) is 7.78. The fourth-order valence-corrected chi connectivity index (χ4v) is 5.29. The van der Waals surface area contributed by atoms with Crippen molar-refractivity contribution in [3.8, 4) is 0 Å². The van der Waals surface area contributed by atoms with Crippen molar-refractivity contribution in [3.05, 3.63) is 35.9 Å². The van der Waals surface area contributed by atoms with Crippen molar-refractivity contribution < 1.29 is 33.8 Å². The molecule has 12 nitrogen and oxygen atoms in total. The molecule has 4 amide bonds. The second kappa shape index (κ2) is 18.3. The number of amides is 4. The number of ether oxygens (including phenoxy) is 2. The zero-order chi connectivity index (χ0) is 31.9. The van der Waals surface area contributed by atoms with Crippen molar-refractivity contribution in [2.24, 2.45) is 17.8 Å². The van der Waals surface area contributed by atoms with Crippen LogP contribution in [0.2, 0.25) is 0 Å². The molecule has 0 aromatic heterocycles. The normalized spacial score (nSPS) is 16.6. The maximum atomic E-state index is 13.4. The van der Waals surface area contributed by atoms with Crippen LogP contribution >= 0.6 is 0 Å². The fourth-order valence-electron chi connectivity index (χ4n) is 5.29. The molecule has 1 aromatic carbocycles. The van der Waals surface area contributed by atoms with E-state index in [2.05, 4.69) is 21.4 Å². The van der Waals surface area contributed by atoms with Crippen molar-refractivity contribution in [3.63, 3.8) is 0 Å². The third kappa shape index (κ3) is 12.4. The van der Waals surface area contributed by atoms with E-state index in [-0.39, 0.29) is 18.4 Å². The summed E-state index contributed by atoms with van der Waals surface area (Å²) >= 11 is 0. The summed E-state index contributed by atoms with van der Waals surface area (Å²) in [7, 11) is 2.47. The number of nitrogens with zero attached hydrogens (tertiary/aromatic N) is 1. The molecular formula is C31H51N5O7. The van der Waals surface area contributed by atoms with Crippen molar-refractivity contribution in [1.82, 2.24) is 26.4 Å². The Kier molecular flexibility index (Phi) is 15.3. The van der Waals surface area contributed by atoms with Gasteiger partial charge in [-0.2, -0.15) is 0 Å². The largest absolute Gasteiger partial charge is 0.453 e. The molecule has 1 aromatic rings. The van der Waals surface area contributed by atoms with Crippen LogP contribution < -0.4 is 21.4 Å². The van der Waals surface area contributed by atoms with Gasteiger partial charge in [0.25, 0.3) is 5.91 Å². The van der Waals surface area contributed by atoms with Gasteiger partial charge in [0.2, 0.25) is 5.91 Å². The molecule has 1 fully saturated rings. The third-order valence-electron chi connectivity index (χ3n) is 7.79. The maximum Gasteiger partial charge on any atom is 0.407 e. The number of aliphatic hydroxyl groups is 1. The molecule has 0 spiro atoms. The Morgan fingerprint density at radius 1 is 0.837 bits per heavy atom. The van der Waals surface area contributed by atoms with Gasteiger partial charge in [-0.3, -0.25) is 15.0 Å². The zero-order valence-corrected chi connectivity index (χ0v) is 26.4. The fraction of sp³-hybridized carbons (Fsp3) is 0.677. The molecule has 1 saturated carbocycles. The Balaban J connectivity index is 2.30. The van der Waals surface area contributed by atoms with E-state index in [1.54, 1.807) is 18.9 Å². The minimum absolute atomic E-state index is 0.0276. The van der Waals surface area contributed by atoms with E-state index in [1.165, 1.54) is 20.6 Å². The van der Waals surface area contributed by atoms with Crippen LogP contribution in [0.15, 0.2) is 30.3 Å². The van der Waals surface area contributed by atoms with E-state index >= 15 is 0 Å². The summed E-state index contributed by atoms with van der Waals surface area (Å²) < 4.78 is 9.40. The smallest absolute Gasteiger partial charge is 0.407 e. The minimum atomic E-state index is -1.09. The SMILES string of the molecule is COC(=O)N[C@H](C(=O)N[C@@H](Cc1ccccc1)C(O)CN(CC1CCCCC1)NC(=O)[C@@H](NC(=O)OC)C(C)C)C(C)C. The van der Waals surface area contributed by atoms with Crippen molar-refractivity contribution in [1.29, 1.82) is 0 Å². The third-order valence-corrected chi connectivity index (χ3v) is 7.79. The van der Waals surface area contributed by atoms with Crippen LogP contribution in [0, 0.1) is 17.8 Å². The molecule has 4 atom stereocenters. The number of carbonyl (C=O) groups is 4. The van der Waals surface area contributed by atoms with E-state index in [9.17, 15) is 24.3 Å². The van der Waals surface area contributed by atoms with Crippen LogP contribution in [0.1, 0.15) is 65.4 Å². The number of hydrogen-bond acceptors (Lipinski definition) is 8. The lowest BCUT2D eigenvalue weighted by Gasteiger charge is -2.35. The molecule has 0 saturated heterocycles. The van der Waals surface area contributed by atoms with E-state index in [1.807, 2.05) is 44.2 Å². The molecule has 43 heavy (non-hydrogen) atoms. The molecule has 1 aliphatic carbocycles. The molecule has 5 N–H and O–H groups in total. The molecule has 0 radical (unpaired) electrons. The van der Waals surface area contributed by atoms with Gasteiger partial charge < -0.3 is 30.5 Å². The number of hydrazine groups is 1. The summed E-state index contributed by atoms with van der Waals surface area (Å²) in [5.41, 5.74) is 3.83. The molecule has 12 heteroatoms. The number of alkyl carbamates (subject to hydrolysis) is 2. The van der Waals surface area contributed by atoms with Crippen molar-refractivity contribution in [2.75, 3.05) is 27.3 Å². The van der Waals surface area contributed by atoms with E-state index < -0.39 is 48.2 Å². The monoisotopic (exact) mass is 605 g/mol. The zero-order valence-electron chi connectivity index (χ0n) is 26.4. The Bertz CT molecular complexity index is 1020. The standard InChI is InChI=1S/C31H51N5O7/c1-20(2)26(33-30(40)42-5)28(38)32-24(17-22-13-9-7-10-14-22)25(37)19-36(18-23-15-11-8-12-16-23)35-29(39)27(21(3)4)34-31(41)43-6/h7,9-10,13-14,20-21,23-27,37H,8,11-12,15-19H2,1-6H3,(H,32,38)(H,33,40)(H,34,41)(H,35,39)/t24-,25?,26-,27-/m0/s1. The van der Waals surface area contributed by atoms with Crippen molar-refractivity contribution >= 4 is 24.0 Å². The lowest BCUT2D eigenvalue weighted by atomic mass is 9.89. The van der Waals surface area contributed by atoms with Gasteiger partial charge >= 0.3 is 12.2 Å². The molecule has 0 bridgehead atoms. The van der Waals surface area contributed by atoms with Gasteiger partial charge in [0.15, 0.2) is 0 Å². The predicted molar refractivity (Wildman–Crippen MR) is 163 cm³/mol. The Labute approximate surface area is 255 Å². The highest BCUT2D eigenvalue weighted by Gasteiger charge is 2.32. The first-order valence-electron chi connectivity index (χ1n) is 15.2. The quantitative estimate of drug-likeness (QED) is 0.191. The van der Waals surface area contributed by atoms with Crippen LogP contribution in [0.5, 0.6) is 0 Å². The topological polar surface area (TPSA) is 158 Å². The summed E-state index contributed by atoms with van der Waals surface area (Å²) in [5, 5.41) is 21.4. The van der Waals surface area contributed by atoms with Crippen LogP contribution in [-0.4, -0.2) is 85.7 Å². The predicted octanol–water partition coefficient (Wildman–Crippen LogP) is 2.75. The van der Waals surface area contributed by atoms with Crippen molar-refractivity contribution in [2.45, 2.75) is 90.4 Å². The van der Waals surface area contributed by atoms with Gasteiger partial charge in [0.1, 0.15) is 12.1 Å². The molecule has 2 rings (SSSR count). The van der Waals surface area contributed by atoms with Gasteiger partial charge in [-0.05, 0) is 42.6 Å². The Hall–Kier alpha value is -3.38. The maximum absolute atomic E-state index is 13.4. The number of carbonyl (C=O) groups excluding carboxylic acids is 4. The molecule has 0 aliphatic heterocycles. The van der Waals surface area contributed by atoms with Crippen LogP contribution in [0.3, 0.4) is 0 Å². The summed E-state index contributed by atoms with van der Waals surface area (Å²) in [6.07, 6.45) is 3.19. The van der Waals surface area contributed by atoms with E-state index in [4.69, 9.17) is 9.47 Å². The van der Waals surface area contributed by atoms with Crippen LogP contribution in [0.25, 0.3) is 0 Å². The van der Waals surface area contributed by atoms with Gasteiger partial charge in [-0.25, -0.2) is 14.6 Å². The number of hydrogen-bond donors (Lipinski definition) is 5. The van der Waals surface area contributed by atoms with E-state index in [0.29, 0.717) is 18.9 Å². The molecule has 242 valence electrons. The first-order valence-corrected chi connectivity index (χ1v) is 15.2. The second-order valence-electron chi connectivity index (χ2n) is 12.0. The molecule has 0 heterocycles. The van der Waals surface area contributed by atoms with Gasteiger partial charge in [-0.15, -0.1) is 0 Å². The average molecular weight is 606 g/mol. The second-order valence-corrected chi connectivity index (χ2v) is 12.0. The van der Waals surface area contributed by atoms with Gasteiger partial charge in [0, 0.05) is 13.1 Å². The lowest BCUT2D eigenvalue weighted by molar-refractivity contribution is -0.131. The van der Waals surface area contributed by atoms with E-state index in [0.717, 1.165) is 31.2 Å². The minimum Gasteiger partial charge on any atom is -0.453 e. The summed E-state index contributed by atoms with van der Waals surface area (Å²) in [6, 6.07) is 6.99. The number of aliphatic hydroxyl groups excluding tert-OH is 1. The first kappa shape index (κ1) is 35.8. The number of methoxy groups -OCH3 is 2. The summed E-state index contributed by atoms with van der Waals surface area (Å²) in [4.78, 5) is 50.6. The summed E-state index contributed by atoms with van der Waals surface area (Å²) in [5.74, 6) is -1.02. The number of benzene rings is 1. The Morgan fingerprint density at radius 3 is 1.88 bits per heavy atom. The average Bonchev–Trinajstić information content (AvgIpc) is 2.98. The Morgan fingerprint density at radius 2 is 1.37 bits per heavy atom. The number of rotatable bonds is 15. The molecular weight excluding hydrogens is 554 g/mol. The van der Waals surface area contributed by atoms with Gasteiger partial charge in [0.05, 0.1) is 26.4 Å². The highest BCUT2D eigenvalue weighted by molar-refractivity contribution is 5.86. The molecule has 1 unspecified atom stereocenters. The highest BCUT2D eigenvalue weighted by Crippen LogP contribution is 2.24. The van der Waals surface area contributed by atoms with Crippen LogP contribution in [-0.2, 0) is 25.5 Å². The lowest BCUT2D eigenvalue weighted by Crippen LogP contribution is -2.60.